The van der Waals surface area contributed by atoms with Gasteiger partial charge in [0.05, 0.1) is 11.9 Å². The van der Waals surface area contributed by atoms with Crippen molar-refractivity contribution in [3.8, 4) is 0 Å². The third kappa shape index (κ3) is 6.40. The topological polar surface area (TPSA) is 74.2 Å². The summed E-state index contributed by atoms with van der Waals surface area (Å²) in [6, 6.07) is 3.03. The van der Waals surface area contributed by atoms with Gasteiger partial charge in [0, 0.05) is 13.2 Å². The highest BCUT2D eigenvalue weighted by atomic mass is 35.5. The highest BCUT2D eigenvalue weighted by Crippen LogP contribution is 2.11. The molecule has 0 aliphatic heterocycles. The lowest BCUT2D eigenvalue weighted by Crippen LogP contribution is -2.33. The fraction of sp³-hybridized carbons (Fsp3) is 0.538. The van der Waals surface area contributed by atoms with Crippen LogP contribution in [0.1, 0.15) is 26.2 Å². The summed E-state index contributed by atoms with van der Waals surface area (Å²) in [6.45, 7) is 2.79. The molecule has 0 fully saturated rings. The number of hydrogen-bond donors (Lipinski definition) is 3. The number of hydrogen-bond acceptors (Lipinski definition) is 3. The predicted molar refractivity (Wildman–Crippen MR) is 76.4 cm³/mol. The SMILES string of the molecule is CCCC(CCO)CNC(=O)Nc1ccc(Cl)nc1. The van der Waals surface area contributed by atoms with Gasteiger partial charge in [-0.25, -0.2) is 9.78 Å². The first-order chi connectivity index (χ1) is 9.15. The fourth-order valence-electron chi connectivity index (χ4n) is 1.80. The Hall–Kier alpha value is -1.33. The number of anilines is 1. The van der Waals surface area contributed by atoms with E-state index >= 15 is 0 Å². The summed E-state index contributed by atoms with van der Waals surface area (Å²) in [5, 5.41) is 14.8. The Bertz CT molecular complexity index is 378. The van der Waals surface area contributed by atoms with Crippen molar-refractivity contribution in [1.82, 2.24) is 10.3 Å². The Morgan fingerprint density at radius 2 is 2.26 bits per heavy atom. The summed E-state index contributed by atoms with van der Waals surface area (Å²) in [5.74, 6) is 0.309. The van der Waals surface area contributed by atoms with Crippen molar-refractivity contribution < 1.29 is 9.90 Å². The maximum Gasteiger partial charge on any atom is 0.319 e. The Kier molecular flexibility index (Phi) is 7.22. The number of amides is 2. The first-order valence-corrected chi connectivity index (χ1v) is 6.80. The highest BCUT2D eigenvalue weighted by Gasteiger charge is 2.09. The molecule has 2 amide bonds. The van der Waals surface area contributed by atoms with Gasteiger partial charge in [-0.15, -0.1) is 0 Å². The van der Waals surface area contributed by atoms with Crippen molar-refractivity contribution in [3.63, 3.8) is 0 Å². The van der Waals surface area contributed by atoms with E-state index in [4.69, 9.17) is 16.7 Å². The van der Waals surface area contributed by atoms with Crippen LogP contribution in [0.25, 0.3) is 0 Å². The van der Waals surface area contributed by atoms with Crippen molar-refractivity contribution in [1.29, 1.82) is 0 Å². The van der Waals surface area contributed by atoms with E-state index in [1.54, 1.807) is 12.1 Å². The molecule has 0 aliphatic carbocycles. The Morgan fingerprint density at radius 3 is 2.84 bits per heavy atom. The van der Waals surface area contributed by atoms with Crippen LogP contribution in [0.5, 0.6) is 0 Å². The van der Waals surface area contributed by atoms with Crippen molar-refractivity contribution in [2.24, 2.45) is 5.92 Å². The number of carbonyl (C=O) groups excluding carboxylic acids is 1. The minimum absolute atomic E-state index is 0.148. The lowest BCUT2D eigenvalue weighted by Gasteiger charge is -2.15. The summed E-state index contributed by atoms with van der Waals surface area (Å²) in [4.78, 5) is 15.5. The van der Waals surface area contributed by atoms with Crippen LogP contribution >= 0.6 is 11.6 Å². The van der Waals surface area contributed by atoms with Gasteiger partial charge in [0.2, 0.25) is 0 Å². The smallest absolute Gasteiger partial charge is 0.319 e. The number of aromatic nitrogens is 1. The van der Waals surface area contributed by atoms with E-state index < -0.39 is 0 Å². The predicted octanol–water partition coefficient (Wildman–Crippen LogP) is 2.66. The molecule has 1 rings (SSSR count). The number of aliphatic hydroxyl groups is 1. The molecular formula is C13H20ClN3O2. The summed E-state index contributed by atoms with van der Waals surface area (Å²) in [7, 11) is 0. The number of halogens is 1. The molecule has 0 aromatic carbocycles. The quantitative estimate of drug-likeness (QED) is 0.674. The normalized spacial score (nSPS) is 11.9. The maximum atomic E-state index is 11.7. The van der Waals surface area contributed by atoms with Crippen LogP contribution in [0, 0.1) is 5.92 Å². The average Bonchev–Trinajstić information content (AvgIpc) is 2.39. The lowest BCUT2D eigenvalue weighted by atomic mass is 10.0. The summed E-state index contributed by atoms with van der Waals surface area (Å²) >= 11 is 5.66. The molecule has 0 radical (unpaired) electrons. The Labute approximate surface area is 118 Å². The molecule has 1 aromatic rings. The number of rotatable bonds is 7. The van der Waals surface area contributed by atoms with Crippen LogP contribution in [0.2, 0.25) is 5.15 Å². The van der Waals surface area contributed by atoms with Crippen LogP contribution in [0.3, 0.4) is 0 Å². The number of aliphatic hydroxyl groups excluding tert-OH is 1. The summed E-state index contributed by atoms with van der Waals surface area (Å²) in [6.07, 6.45) is 4.23. The molecule has 3 N–H and O–H groups in total. The van der Waals surface area contributed by atoms with Gasteiger partial charge in [0.1, 0.15) is 5.15 Å². The number of urea groups is 1. The van der Waals surface area contributed by atoms with E-state index in [0.717, 1.165) is 12.8 Å². The molecule has 5 nitrogen and oxygen atoms in total. The largest absolute Gasteiger partial charge is 0.396 e. The van der Waals surface area contributed by atoms with Gasteiger partial charge in [0.25, 0.3) is 0 Å². The molecular weight excluding hydrogens is 266 g/mol. The van der Waals surface area contributed by atoms with Crippen LogP contribution in [-0.4, -0.2) is 29.3 Å². The molecule has 1 heterocycles. The molecule has 0 spiro atoms. The molecule has 0 saturated carbocycles. The Morgan fingerprint density at radius 1 is 1.47 bits per heavy atom. The molecule has 1 atom stereocenters. The second-order valence-electron chi connectivity index (χ2n) is 4.37. The van der Waals surface area contributed by atoms with Gasteiger partial charge >= 0.3 is 6.03 Å². The minimum Gasteiger partial charge on any atom is -0.396 e. The molecule has 0 saturated heterocycles. The van der Waals surface area contributed by atoms with E-state index in [1.807, 2.05) is 0 Å². The van der Waals surface area contributed by atoms with E-state index in [2.05, 4.69) is 22.5 Å². The lowest BCUT2D eigenvalue weighted by molar-refractivity contribution is 0.236. The van der Waals surface area contributed by atoms with Gasteiger partial charge in [-0.05, 0) is 30.9 Å². The first-order valence-electron chi connectivity index (χ1n) is 6.43. The summed E-state index contributed by atoms with van der Waals surface area (Å²) in [5.41, 5.74) is 0.594. The summed E-state index contributed by atoms with van der Waals surface area (Å²) < 4.78 is 0. The number of carbonyl (C=O) groups is 1. The van der Waals surface area contributed by atoms with E-state index in [-0.39, 0.29) is 12.6 Å². The van der Waals surface area contributed by atoms with Crippen LogP contribution in [-0.2, 0) is 0 Å². The monoisotopic (exact) mass is 285 g/mol. The fourth-order valence-corrected chi connectivity index (χ4v) is 1.91. The van der Waals surface area contributed by atoms with E-state index in [0.29, 0.717) is 29.7 Å². The number of nitrogens with one attached hydrogen (secondary N) is 2. The Balaban J connectivity index is 2.35. The second-order valence-corrected chi connectivity index (χ2v) is 4.76. The minimum atomic E-state index is -0.275. The van der Waals surface area contributed by atoms with Crippen LogP contribution in [0.15, 0.2) is 18.3 Å². The van der Waals surface area contributed by atoms with Crippen molar-refractivity contribution in [2.45, 2.75) is 26.2 Å². The van der Waals surface area contributed by atoms with Gasteiger partial charge in [0.15, 0.2) is 0 Å². The average molecular weight is 286 g/mol. The van der Waals surface area contributed by atoms with Gasteiger partial charge in [-0.2, -0.15) is 0 Å². The van der Waals surface area contributed by atoms with Crippen LogP contribution in [0.4, 0.5) is 10.5 Å². The molecule has 6 heteroatoms. The zero-order valence-corrected chi connectivity index (χ0v) is 11.8. The molecule has 0 aliphatic rings. The van der Waals surface area contributed by atoms with Crippen molar-refractivity contribution in [3.05, 3.63) is 23.5 Å². The van der Waals surface area contributed by atoms with Crippen molar-refractivity contribution >= 4 is 23.3 Å². The van der Waals surface area contributed by atoms with Crippen molar-refractivity contribution in [2.75, 3.05) is 18.5 Å². The second kappa shape index (κ2) is 8.72. The number of pyridine rings is 1. The zero-order chi connectivity index (χ0) is 14.1. The van der Waals surface area contributed by atoms with Gasteiger partial charge in [-0.3, -0.25) is 0 Å². The van der Waals surface area contributed by atoms with Gasteiger partial charge < -0.3 is 15.7 Å². The molecule has 19 heavy (non-hydrogen) atoms. The molecule has 0 bridgehead atoms. The van der Waals surface area contributed by atoms with Gasteiger partial charge in [-0.1, -0.05) is 24.9 Å². The third-order valence-electron chi connectivity index (χ3n) is 2.77. The van der Waals surface area contributed by atoms with Crippen LogP contribution < -0.4 is 10.6 Å². The third-order valence-corrected chi connectivity index (χ3v) is 2.99. The highest BCUT2D eigenvalue weighted by molar-refractivity contribution is 6.29. The maximum absolute atomic E-state index is 11.7. The molecule has 1 aromatic heterocycles. The zero-order valence-electron chi connectivity index (χ0n) is 11.0. The standard InChI is InChI=1S/C13H20ClN3O2/c1-2-3-10(6-7-18)8-16-13(19)17-11-4-5-12(14)15-9-11/h4-5,9-10,18H,2-3,6-8H2,1H3,(H2,16,17,19). The van der Waals surface area contributed by atoms with E-state index in [1.165, 1.54) is 6.20 Å². The first kappa shape index (κ1) is 15.7. The van der Waals surface area contributed by atoms with E-state index in [9.17, 15) is 4.79 Å². The molecule has 106 valence electrons. The molecule has 1 unspecified atom stereocenters. The number of nitrogens with zero attached hydrogens (tertiary/aromatic N) is 1.